The number of nitrogens with zero attached hydrogens (tertiary/aromatic N) is 1. The topological polar surface area (TPSA) is 46.3 Å². The number of rotatable bonds is 3. The number of nitrogens with two attached hydrogens (primary N) is 1. The van der Waals surface area contributed by atoms with E-state index in [4.69, 9.17) is 5.73 Å². The molecule has 1 heterocycles. The lowest BCUT2D eigenvalue weighted by Crippen LogP contribution is -2.61. The van der Waals surface area contributed by atoms with Crippen molar-refractivity contribution < 1.29 is 4.79 Å². The SMILES string of the molecule is NC(=O)c1ccc2c(c1)C13CCCC[C@H]1[C@@H](C2)N(CC1CC1)CC3. The van der Waals surface area contributed by atoms with E-state index in [9.17, 15) is 4.79 Å². The summed E-state index contributed by atoms with van der Waals surface area (Å²) in [7, 11) is 0. The number of carbonyl (C=O) groups is 1. The van der Waals surface area contributed by atoms with E-state index in [-0.39, 0.29) is 5.91 Å². The molecule has 2 N–H and O–H groups in total. The van der Waals surface area contributed by atoms with Crippen LogP contribution in [0.3, 0.4) is 0 Å². The molecule has 3 aliphatic carbocycles. The molecule has 0 radical (unpaired) electrons. The van der Waals surface area contributed by atoms with Gasteiger partial charge in [0.2, 0.25) is 5.91 Å². The molecule has 3 heteroatoms. The van der Waals surface area contributed by atoms with Gasteiger partial charge < -0.3 is 5.73 Å². The largest absolute Gasteiger partial charge is 0.366 e. The average Bonchev–Trinajstić information content (AvgIpc) is 3.41. The van der Waals surface area contributed by atoms with Gasteiger partial charge in [-0.3, -0.25) is 9.69 Å². The van der Waals surface area contributed by atoms with Gasteiger partial charge in [-0.15, -0.1) is 0 Å². The first kappa shape index (κ1) is 14.9. The molecule has 1 aromatic rings. The van der Waals surface area contributed by atoms with Crippen LogP contribution in [0.2, 0.25) is 0 Å². The first-order valence-electron chi connectivity index (χ1n) is 9.85. The molecule has 2 saturated carbocycles. The summed E-state index contributed by atoms with van der Waals surface area (Å²) in [6, 6.07) is 7.03. The van der Waals surface area contributed by atoms with Crippen molar-refractivity contribution in [2.75, 3.05) is 13.1 Å². The van der Waals surface area contributed by atoms with Crippen molar-refractivity contribution in [3.8, 4) is 0 Å². The summed E-state index contributed by atoms with van der Waals surface area (Å²) >= 11 is 0. The van der Waals surface area contributed by atoms with Gasteiger partial charge in [-0.05, 0) is 80.2 Å². The van der Waals surface area contributed by atoms with Crippen LogP contribution in [-0.4, -0.2) is 29.9 Å². The third-order valence-electron chi connectivity index (χ3n) is 7.43. The van der Waals surface area contributed by atoms with E-state index in [1.54, 1.807) is 0 Å². The Kier molecular flexibility index (Phi) is 3.31. The Balaban J connectivity index is 1.58. The predicted octanol–water partition coefficient (Wildman–Crippen LogP) is 3.25. The number of amides is 1. The normalized spacial score (nSPS) is 35.2. The number of fused-ring (bicyclic) bond motifs is 1. The summed E-state index contributed by atoms with van der Waals surface area (Å²) in [5.41, 5.74) is 9.57. The molecule has 1 saturated heterocycles. The highest BCUT2D eigenvalue weighted by Gasteiger charge is 2.54. The second-order valence-electron chi connectivity index (χ2n) is 8.70. The number of primary amides is 1. The van der Waals surface area contributed by atoms with E-state index in [2.05, 4.69) is 17.0 Å². The summed E-state index contributed by atoms with van der Waals surface area (Å²) in [5, 5.41) is 0. The maximum atomic E-state index is 11.7. The summed E-state index contributed by atoms with van der Waals surface area (Å²) < 4.78 is 0. The summed E-state index contributed by atoms with van der Waals surface area (Å²) in [5.74, 6) is 1.48. The van der Waals surface area contributed by atoms with Crippen LogP contribution in [0.1, 0.15) is 66.4 Å². The number of piperidine rings is 1. The molecule has 3 fully saturated rings. The Morgan fingerprint density at radius 3 is 2.88 bits per heavy atom. The lowest BCUT2D eigenvalue weighted by molar-refractivity contribution is -0.0133. The van der Waals surface area contributed by atoms with Gasteiger partial charge in [-0.1, -0.05) is 18.9 Å². The predicted molar refractivity (Wildman–Crippen MR) is 95.0 cm³/mol. The van der Waals surface area contributed by atoms with Crippen LogP contribution in [0.4, 0.5) is 0 Å². The maximum absolute atomic E-state index is 11.7. The fourth-order valence-corrected chi connectivity index (χ4v) is 6.10. The quantitative estimate of drug-likeness (QED) is 0.927. The molecule has 0 aromatic heterocycles. The van der Waals surface area contributed by atoms with Gasteiger partial charge in [-0.25, -0.2) is 0 Å². The standard InChI is InChI=1S/C21H28N2O/c22-20(24)16-7-6-15-12-19-17-3-1-2-8-21(17,18(15)11-16)9-10-23(19)13-14-4-5-14/h6-7,11,14,17,19H,1-5,8-10,12-13H2,(H2,22,24)/t17-,19+,21?/m0/s1. The van der Waals surface area contributed by atoms with Crippen LogP contribution < -0.4 is 5.73 Å². The number of hydrogen-bond donors (Lipinski definition) is 1. The van der Waals surface area contributed by atoms with Crippen LogP contribution in [0.25, 0.3) is 0 Å². The summed E-state index contributed by atoms with van der Waals surface area (Å²) in [4.78, 5) is 14.5. The molecule has 4 aliphatic rings. The van der Waals surface area contributed by atoms with Crippen LogP contribution in [0.15, 0.2) is 18.2 Å². The van der Waals surface area contributed by atoms with Gasteiger partial charge in [-0.2, -0.15) is 0 Å². The zero-order chi connectivity index (χ0) is 16.3. The number of likely N-dealkylation sites (tertiary alicyclic amines) is 1. The Hall–Kier alpha value is -1.35. The van der Waals surface area contributed by atoms with Crippen molar-refractivity contribution >= 4 is 5.91 Å². The van der Waals surface area contributed by atoms with Crippen LogP contribution >= 0.6 is 0 Å². The lowest BCUT2D eigenvalue weighted by atomic mass is 9.52. The minimum absolute atomic E-state index is 0.283. The lowest BCUT2D eigenvalue weighted by Gasteiger charge is -2.59. The van der Waals surface area contributed by atoms with Gasteiger partial charge in [0, 0.05) is 23.6 Å². The number of carbonyl (C=O) groups excluding carboxylic acids is 1. The van der Waals surface area contributed by atoms with Gasteiger partial charge in [0.1, 0.15) is 0 Å². The Morgan fingerprint density at radius 1 is 1.21 bits per heavy atom. The number of benzene rings is 1. The van der Waals surface area contributed by atoms with Gasteiger partial charge in [0.05, 0.1) is 0 Å². The Morgan fingerprint density at radius 2 is 2.08 bits per heavy atom. The minimum Gasteiger partial charge on any atom is -0.366 e. The fourth-order valence-electron chi connectivity index (χ4n) is 6.10. The Bertz CT molecular complexity index is 680. The molecular formula is C21H28N2O. The molecule has 0 spiro atoms. The van der Waals surface area contributed by atoms with Crippen molar-refractivity contribution in [3.05, 3.63) is 34.9 Å². The van der Waals surface area contributed by atoms with Gasteiger partial charge >= 0.3 is 0 Å². The fraction of sp³-hybridized carbons (Fsp3) is 0.667. The molecule has 128 valence electrons. The van der Waals surface area contributed by atoms with Crippen molar-refractivity contribution in [3.63, 3.8) is 0 Å². The van der Waals surface area contributed by atoms with Gasteiger partial charge in [0.25, 0.3) is 0 Å². The van der Waals surface area contributed by atoms with Crippen molar-refractivity contribution in [2.24, 2.45) is 17.6 Å². The van der Waals surface area contributed by atoms with E-state index < -0.39 is 0 Å². The van der Waals surface area contributed by atoms with Gasteiger partial charge in [0.15, 0.2) is 0 Å². The highest BCUT2D eigenvalue weighted by molar-refractivity contribution is 5.93. The second kappa shape index (κ2) is 5.32. The third-order valence-corrected chi connectivity index (χ3v) is 7.43. The zero-order valence-corrected chi connectivity index (χ0v) is 14.5. The highest BCUT2D eigenvalue weighted by atomic mass is 16.1. The van der Waals surface area contributed by atoms with Crippen molar-refractivity contribution in [1.82, 2.24) is 4.90 Å². The van der Waals surface area contributed by atoms with Crippen LogP contribution in [0.5, 0.6) is 0 Å². The Labute approximate surface area is 144 Å². The molecule has 5 rings (SSSR count). The molecule has 3 nitrogen and oxygen atoms in total. The van der Waals surface area contributed by atoms with Crippen LogP contribution in [0, 0.1) is 11.8 Å². The smallest absolute Gasteiger partial charge is 0.248 e. The highest BCUT2D eigenvalue weighted by Crippen LogP contribution is 2.56. The minimum atomic E-state index is -0.283. The summed E-state index contributed by atoms with van der Waals surface area (Å²) in [6.45, 7) is 2.57. The molecule has 2 bridgehead atoms. The average molecular weight is 324 g/mol. The van der Waals surface area contributed by atoms with E-state index in [1.807, 2.05) is 6.07 Å². The molecule has 24 heavy (non-hydrogen) atoms. The first-order valence-corrected chi connectivity index (χ1v) is 9.85. The van der Waals surface area contributed by atoms with E-state index >= 15 is 0 Å². The zero-order valence-electron chi connectivity index (χ0n) is 14.5. The van der Waals surface area contributed by atoms with Crippen molar-refractivity contribution in [1.29, 1.82) is 0 Å². The molecular weight excluding hydrogens is 296 g/mol. The first-order chi connectivity index (χ1) is 11.7. The number of hydrogen-bond acceptors (Lipinski definition) is 2. The van der Waals surface area contributed by atoms with Crippen molar-refractivity contribution in [2.45, 2.75) is 62.8 Å². The molecule has 1 aliphatic heterocycles. The maximum Gasteiger partial charge on any atom is 0.248 e. The molecule has 1 aromatic carbocycles. The van der Waals surface area contributed by atoms with E-state index in [1.165, 1.54) is 75.6 Å². The second-order valence-corrected chi connectivity index (χ2v) is 8.70. The van der Waals surface area contributed by atoms with Crippen LogP contribution in [-0.2, 0) is 11.8 Å². The third kappa shape index (κ3) is 2.17. The monoisotopic (exact) mass is 324 g/mol. The molecule has 3 atom stereocenters. The molecule has 1 amide bonds. The molecule has 1 unspecified atom stereocenters. The van der Waals surface area contributed by atoms with E-state index in [0.29, 0.717) is 11.0 Å². The summed E-state index contributed by atoms with van der Waals surface area (Å²) in [6.07, 6.45) is 10.7. The van der Waals surface area contributed by atoms with E-state index in [0.717, 1.165) is 17.9 Å².